The van der Waals surface area contributed by atoms with Crippen molar-refractivity contribution in [1.82, 2.24) is 34.5 Å². The number of nitrogens with zero attached hydrogens (tertiary/aromatic N) is 7. The largest absolute Gasteiger partial charge is 0.490 e. The van der Waals surface area contributed by atoms with Crippen LogP contribution >= 0.6 is 0 Å². The lowest BCUT2D eigenvalue weighted by Gasteiger charge is -2.13. The number of halogens is 2. The molecule has 3 N–H and O–H groups in total. The monoisotopic (exact) mass is 502 g/mol. The summed E-state index contributed by atoms with van der Waals surface area (Å²) < 4.78 is 35.8. The first-order valence-electron chi connectivity index (χ1n) is 11.1. The molecule has 1 aromatic carbocycles. The predicted molar refractivity (Wildman–Crippen MR) is 130 cm³/mol. The first kappa shape index (κ1) is 23.7. The van der Waals surface area contributed by atoms with Crippen molar-refractivity contribution < 1.29 is 13.5 Å². The minimum Gasteiger partial charge on any atom is -0.490 e. The van der Waals surface area contributed by atoms with Crippen LogP contribution in [0.2, 0.25) is 0 Å². The topological polar surface area (TPSA) is 143 Å². The smallest absolute Gasteiger partial charge is 0.148 e. The van der Waals surface area contributed by atoms with Crippen molar-refractivity contribution in [3.8, 4) is 17.0 Å². The first-order valence-corrected chi connectivity index (χ1v) is 11.1. The molecule has 0 radical (unpaired) electrons. The summed E-state index contributed by atoms with van der Waals surface area (Å²) >= 11 is 0. The van der Waals surface area contributed by atoms with Gasteiger partial charge in [0.15, 0.2) is 0 Å². The van der Waals surface area contributed by atoms with Crippen LogP contribution in [0.25, 0.3) is 22.3 Å². The van der Waals surface area contributed by atoms with Crippen LogP contribution in [0.5, 0.6) is 5.75 Å². The highest BCUT2D eigenvalue weighted by molar-refractivity contribution is 5.91. The summed E-state index contributed by atoms with van der Waals surface area (Å²) in [4.78, 5) is 12.7. The molecule has 5 aromatic rings. The van der Waals surface area contributed by atoms with Gasteiger partial charge in [-0.05, 0) is 30.3 Å². The average Bonchev–Trinajstić information content (AvgIpc) is 3.40. The Morgan fingerprint density at radius 1 is 1.05 bits per heavy atom. The number of pyridine rings is 2. The third kappa shape index (κ3) is 5.45. The number of benzene rings is 1. The molecule has 0 saturated carbocycles. The fourth-order valence-electron chi connectivity index (χ4n) is 3.58. The van der Waals surface area contributed by atoms with Crippen LogP contribution in [-0.2, 0) is 6.54 Å². The fourth-order valence-corrected chi connectivity index (χ4v) is 3.58. The highest BCUT2D eigenvalue weighted by Crippen LogP contribution is 2.23. The predicted octanol–water partition coefficient (Wildman–Crippen LogP) is 2.86. The quantitative estimate of drug-likeness (QED) is 0.219. The van der Waals surface area contributed by atoms with Gasteiger partial charge in [0, 0.05) is 23.9 Å². The summed E-state index contributed by atoms with van der Waals surface area (Å²) in [6.07, 6.45) is 6.25. The maximum Gasteiger partial charge on any atom is 0.148 e. The average molecular weight is 502 g/mol. The van der Waals surface area contributed by atoms with E-state index in [1.54, 1.807) is 35.5 Å². The lowest BCUT2D eigenvalue weighted by Crippen LogP contribution is -2.33. The highest BCUT2D eigenvalue weighted by atomic mass is 19.1. The number of nitrogens with one attached hydrogen (secondary N) is 3. The van der Waals surface area contributed by atoms with Crippen LogP contribution in [0.1, 0.15) is 0 Å². The molecule has 5 rings (SSSR count). The summed E-state index contributed by atoms with van der Waals surface area (Å²) in [6, 6.07) is 9.42. The minimum atomic E-state index is -0.740. The molecule has 0 saturated heterocycles. The van der Waals surface area contributed by atoms with E-state index in [4.69, 9.17) is 15.6 Å². The molecular weight excluding hydrogens is 482 g/mol. The second-order valence-electron chi connectivity index (χ2n) is 7.88. The third-order valence-corrected chi connectivity index (χ3v) is 5.30. The van der Waals surface area contributed by atoms with Crippen LogP contribution in [0.3, 0.4) is 0 Å². The first-order chi connectivity index (χ1) is 18.0. The molecule has 4 aromatic heterocycles. The summed E-state index contributed by atoms with van der Waals surface area (Å²) in [5.41, 5.74) is 2.17. The van der Waals surface area contributed by atoms with Crippen LogP contribution in [0.4, 0.5) is 14.5 Å². The number of hydrogen-bond acceptors (Lipinski definition) is 9. The van der Waals surface area contributed by atoms with E-state index < -0.39 is 11.6 Å². The van der Waals surface area contributed by atoms with Gasteiger partial charge in [0.2, 0.25) is 0 Å². The van der Waals surface area contributed by atoms with Gasteiger partial charge in [-0.2, -0.15) is 14.9 Å². The van der Waals surface area contributed by atoms with E-state index in [-0.39, 0.29) is 29.1 Å². The molecule has 0 fully saturated rings. The number of rotatable bonds is 8. The number of fused-ring (bicyclic) bond motifs is 1. The van der Waals surface area contributed by atoms with Gasteiger partial charge in [-0.15, -0.1) is 0 Å². The second-order valence-corrected chi connectivity index (χ2v) is 7.88. The van der Waals surface area contributed by atoms with Crippen molar-refractivity contribution in [3.05, 3.63) is 84.6 Å². The Morgan fingerprint density at radius 3 is 2.68 bits per heavy atom. The van der Waals surface area contributed by atoms with E-state index in [2.05, 4.69) is 30.5 Å². The van der Waals surface area contributed by atoms with E-state index >= 15 is 0 Å². The number of aromatic nitrogens is 7. The van der Waals surface area contributed by atoms with Crippen LogP contribution < -0.4 is 15.5 Å². The maximum absolute atomic E-state index is 13.6. The molecule has 11 nitrogen and oxygen atoms in total. The highest BCUT2D eigenvalue weighted by Gasteiger charge is 2.11. The Hall–Kier alpha value is -5.07. The standard InChI is InChI=1S/C24H20F2N10O/c25-16-7-15(8-17(26)9-16)19-1-2-22(27)36(34-19)23(28)12-31-20-3-4-30-21-10-18(11-32-24(20)21)37-6-5-35-14-29-13-33-35/h1-4,7-11,13-14,27-28H,5-6,12H2,(H,30,31). The van der Waals surface area contributed by atoms with Crippen LogP contribution in [0.15, 0.2) is 67.5 Å². The zero-order chi connectivity index (χ0) is 25.8. The molecule has 186 valence electrons. The lowest BCUT2D eigenvalue weighted by molar-refractivity contribution is 0.290. The van der Waals surface area contributed by atoms with Crippen molar-refractivity contribution in [3.63, 3.8) is 0 Å². The van der Waals surface area contributed by atoms with Crippen molar-refractivity contribution in [2.24, 2.45) is 0 Å². The molecule has 0 atom stereocenters. The van der Waals surface area contributed by atoms with Gasteiger partial charge in [0.05, 0.1) is 36.2 Å². The van der Waals surface area contributed by atoms with E-state index in [0.29, 0.717) is 35.6 Å². The molecule has 13 heteroatoms. The molecule has 0 spiro atoms. The van der Waals surface area contributed by atoms with Crippen molar-refractivity contribution in [1.29, 1.82) is 10.8 Å². The Labute approximate surface area is 208 Å². The SMILES string of the molecule is N=C(CNc1ccnc2cc(OCCn3cncn3)cnc12)n1nc(-c2cc(F)cc(F)c2)ccc1=N. The number of hydrogen-bond donors (Lipinski definition) is 3. The zero-order valence-electron chi connectivity index (χ0n) is 19.3. The van der Waals surface area contributed by atoms with Crippen molar-refractivity contribution >= 4 is 22.6 Å². The molecule has 0 aliphatic heterocycles. The Morgan fingerprint density at radius 2 is 1.89 bits per heavy atom. The second kappa shape index (κ2) is 10.3. The molecule has 0 unspecified atom stereocenters. The van der Waals surface area contributed by atoms with Gasteiger partial charge in [-0.25, -0.2) is 23.4 Å². The molecule has 0 bridgehead atoms. The van der Waals surface area contributed by atoms with E-state index in [1.165, 1.54) is 18.5 Å². The molecule has 0 aliphatic carbocycles. The lowest BCUT2D eigenvalue weighted by atomic mass is 10.1. The van der Waals surface area contributed by atoms with Gasteiger partial charge in [0.1, 0.15) is 53.5 Å². The maximum atomic E-state index is 13.6. The summed E-state index contributed by atoms with van der Waals surface area (Å²) in [5.74, 6) is -0.984. The fraction of sp³-hybridized carbons (Fsp3) is 0.125. The molecule has 37 heavy (non-hydrogen) atoms. The molecule has 0 aliphatic rings. The normalized spacial score (nSPS) is 11.0. The van der Waals surface area contributed by atoms with Gasteiger partial charge < -0.3 is 10.1 Å². The Balaban J connectivity index is 1.29. The van der Waals surface area contributed by atoms with Crippen LogP contribution in [0, 0.1) is 22.5 Å². The molecular formula is C24H20F2N10O. The molecule has 4 heterocycles. The van der Waals surface area contributed by atoms with E-state index in [0.717, 1.165) is 22.9 Å². The third-order valence-electron chi connectivity index (χ3n) is 5.30. The minimum absolute atomic E-state index is 0.00145. The molecule has 0 amide bonds. The summed E-state index contributed by atoms with van der Waals surface area (Å²) in [5, 5.41) is 27.9. The van der Waals surface area contributed by atoms with Crippen molar-refractivity contribution in [2.45, 2.75) is 6.54 Å². The van der Waals surface area contributed by atoms with E-state index in [9.17, 15) is 8.78 Å². The van der Waals surface area contributed by atoms with Crippen LogP contribution in [-0.4, -0.2) is 53.5 Å². The summed E-state index contributed by atoms with van der Waals surface area (Å²) in [7, 11) is 0. The number of ether oxygens (including phenoxy) is 1. The van der Waals surface area contributed by atoms with Crippen molar-refractivity contribution in [2.75, 3.05) is 18.5 Å². The van der Waals surface area contributed by atoms with E-state index in [1.807, 2.05) is 0 Å². The van der Waals surface area contributed by atoms with Gasteiger partial charge in [0.25, 0.3) is 0 Å². The summed E-state index contributed by atoms with van der Waals surface area (Å²) in [6.45, 7) is 0.919. The number of anilines is 1. The Bertz CT molecular complexity index is 1610. The Kier molecular flexibility index (Phi) is 6.57. The van der Waals surface area contributed by atoms with Gasteiger partial charge in [-0.3, -0.25) is 15.8 Å². The zero-order valence-corrected chi connectivity index (χ0v) is 19.3. The van der Waals surface area contributed by atoms with Gasteiger partial charge in [-0.1, -0.05) is 0 Å². The van der Waals surface area contributed by atoms with Gasteiger partial charge >= 0.3 is 0 Å².